The van der Waals surface area contributed by atoms with Crippen LogP contribution in [-0.2, 0) is 0 Å². The van der Waals surface area contributed by atoms with E-state index in [1.807, 2.05) is 11.8 Å². The summed E-state index contributed by atoms with van der Waals surface area (Å²) in [5.74, 6) is 6.85. The van der Waals surface area contributed by atoms with Crippen molar-refractivity contribution in [2.75, 3.05) is 18.1 Å². The first-order chi connectivity index (χ1) is 9.70. The Hall–Kier alpha value is -1.51. The predicted molar refractivity (Wildman–Crippen MR) is 80.1 cm³/mol. The Balaban J connectivity index is 2.16. The number of carbonyl (C=O) groups is 1. The Labute approximate surface area is 122 Å². The smallest absolute Gasteiger partial charge is 0.252 e. The summed E-state index contributed by atoms with van der Waals surface area (Å²) in [6.07, 6.45) is 2.07. The molecule has 0 radical (unpaired) electrons. The van der Waals surface area contributed by atoms with Crippen molar-refractivity contribution in [3.8, 4) is 11.8 Å². The lowest BCUT2D eigenvalue weighted by Gasteiger charge is -2.22. The third-order valence-corrected chi connectivity index (χ3v) is 4.26. The summed E-state index contributed by atoms with van der Waals surface area (Å²) < 4.78 is 13.4. The first-order valence-corrected chi connectivity index (χ1v) is 7.73. The van der Waals surface area contributed by atoms with E-state index in [2.05, 4.69) is 17.2 Å². The van der Waals surface area contributed by atoms with Gasteiger partial charge in [0.15, 0.2) is 0 Å². The molecule has 3 nitrogen and oxygen atoms in total. The highest BCUT2D eigenvalue weighted by Gasteiger charge is 2.18. The van der Waals surface area contributed by atoms with Crippen molar-refractivity contribution in [2.45, 2.75) is 18.9 Å². The molecular formula is C15H17FN2OS. The van der Waals surface area contributed by atoms with Crippen molar-refractivity contribution in [3.63, 3.8) is 0 Å². The van der Waals surface area contributed by atoms with Gasteiger partial charge in [0.25, 0.3) is 5.91 Å². The second-order valence-electron chi connectivity index (χ2n) is 4.58. The second-order valence-corrected chi connectivity index (χ2v) is 5.73. The molecule has 1 saturated heterocycles. The molecule has 1 atom stereocenters. The third-order valence-electron chi connectivity index (χ3n) is 3.05. The number of rotatable bonds is 2. The minimum absolute atomic E-state index is 0.153. The lowest BCUT2D eigenvalue weighted by Crippen LogP contribution is -2.38. The van der Waals surface area contributed by atoms with E-state index in [0.717, 1.165) is 24.3 Å². The van der Waals surface area contributed by atoms with Gasteiger partial charge in [0, 0.05) is 17.4 Å². The van der Waals surface area contributed by atoms with Gasteiger partial charge in [-0.1, -0.05) is 11.8 Å². The van der Waals surface area contributed by atoms with E-state index >= 15 is 0 Å². The fraction of sp³-hybridized carbons (Fsp3) is 0.400. The molecule has 1 aromatic carbocycles. The number of hydrogen-bond acceptors (Lipinski definition) is 3. The minimum Gasteiger partial charge on any atom is -0.348 e. The van der Waals surface area contributed by atoms with Crippen molar-refractivity contribution >= 4 is 17.7 Å². The Kier molecular flexibility index (Phi) is 5.45. The Morgan fingerprint density at radius 3 is 3.10 bits per heavy atom. The summed E-state index contributed by atoms with van der Waals surface area (Å²) in [5.41, 5.74) is 6.12. The normalized spacial score (nSPS) is 18.0. The minimum atomic E-state index is -0.438. The van der Waals surface area contributed by atoms with Gasteiger partial charge < -0.3 is 11.1 Å². The van der Waals surface area contributed by atoms with E-state index in [1.165, 1.54) is 18.2 Å². The molecule has 1 aromatic rings. The van der Waals surface area contributed by atoms with Crippen LogP contribution in [0, 0.1) is 17.7 Å². The highest BCUT2D eigenvalue weighted by atomic mass is 32.2. The van der Waals surface area contributed by atoms with Crippen LogP contribution in [0.5, 0.6) is 0 Å². The molecule has 5 heteroatoms. The lowest BCUT2D eigenvalue weighted by atomic mass is 10.1. The van der Waals surface area contributed by atoms with E-state index in [9.17, 15) is 9.18 Å². The molecule has 20 heavy (non-hydrogen) atoms. The summed E-state index contributed by atoms with van der Waals surface area (Å²) in [4.78, 5) is 12.3. The fourth-order valence-corrected chi connectivity index (χ4v) is 3.15. The van der Waals surface area contributed by atoms with Crippen LogP contribution in [0.2, 0.25) is 0 Å². The quantitative estimate of drug-likeness (QED) is 0.817. The van der Waals surface area contributed by atoms with Gasteiger partial charge >= 0.3 is 0 Å². The molecular weight excluding hydrogens is 275 g/mol. The zero-order valence-corrected chi connectivity index (χ0v) is 11.9. The van der Waals surface area contributed by atoms with Crippen LogP contribution in [0.3, 0.4) is 0 Å². The van der Waals surface area contributed by atoms with E-state index in [0.29, 0.717) is 5.56 Å². The van der Waals surface area contributed by atoms with E-state index in [-0.39, 0.29) is 24.1 Å². The first-order valence-electron chi connectivity index (χ1n) is 6.58. The Bertz CT molecular complexity index is 545. The maximum absolute atomic E-state index is 13.4. The maximum Gasteiger partial charge on any atom is 0.252 e. The number of halogens is 1. The molecule has 1 fully saturated rings. The number of amides is 1. The topological polar surface area (TPSA) is 55.1 Å². The van der Waals surface area contributed by atoms with Crippen LogP contribution >= 0.6 is 11.8 Å². The number of carbonyl (C=O) groups excluding carboxylic acids is 1. The number of nitrogens with two attached hydrogens (primary N) is 1. The van der Waals surface area contributed by atoms with Crippen molar-refractivity contribution in [1.82, 2.24) is 5.32 Å². The van der Waals surface area contributed by atoms with Gasteiger partial charge in [0.2, 0.25) is 0 Å². The fourth-order valence-electron chi connectivity index (χ4n) is 2.08. The highest BCUT2D eigenvalue weighted by Crippen LogP contribution is 2.18. The monoisotopic (exact) mass is 292 g/mol. The molecule has 1 heterocycles. The molecule has 0 aromatic heterocycles. The summed E-state index contributed by atoms with van der Waals surface area (Å²) >= 11 is 1.83. The molecule has 1 aliphatic heterocycles. The molecule has 0 saturated carbocycles. The molecule has 1 amide bonds. The summed E-state index contributed by atoms with van der Waals surface area (Å²) in [5, 5.41) is 2.95. The van der Waals surface area contributed by atoms with Gasteiger partial charge in [0.05, 0.1) is 12.1 Å². The zero-order chi connectivity index (χ0) is 14.4. The number of benzene rings is 1. The van der Waals surface area contributed by atoms with Crippen molar-refractivity contribution in [2.24, 2.45) is 5.73 Å². The van der Waals surface area contributed by atoms with Crippen LogP contribution in [0.15, 0.2) is 18.2 Å². The van der Waals surface area contributed by atoms with Crippen LogP contribution < -0.4 is 11.1 Å². The number of hydrogen-bond donors (Lipinski definition) is 2. The maximum atomic E-state index is 13.4. The van der Waals surface area contributed by atoms with Crippen LogP contribution in [0.1, 0.15) is 28.8 Å². The lowest BCUT2D eigenvalue weighted by molar-refractivity contribution is 0.0938. The molecule has 0 aliphatic carbocycles. The van der Waals surface area contributed by atoms with Crippen LogP contribution in [0.4, 0.5) is 4.39 Å². The average Bonchev–Trinajstić information content (AvgIpc) is 2.47. The van der Waals surface area contributed by atoms with Gasteiger partial charge in [-0.25, -0.2) is 4.39 Å². The second kappa shape index (κ2) is 7.32. The van der Waals surface area contributed by atoms with E-state index in [1.54, 1.807) is 0 Å². The van der Waals surface area contributed by atoms with Crippen LogP contribution in [0.25, 0.3) is 0 Å². The van der Waals surface area contributed by atoms with Crippen molar-refractivity contribution in [3.05, 3.63) is 35.1 Å². The molecule has 2 rings (SSSR count). The van der Waals surface area contributed by atoms with Gasteiger partial charge in [-0.15, -0.1) is 0 Å². The van der Waals surface area contributed by atoms with Crippen molar-refractivity contribution < 1.29 is 9.18 Å². The first kappa shape index (κ1) is 14.9. The SMILES string of the molecule is NCC#Cc1ccc(F)cc1C(=O)NC1CCCSC1. The standard InChI is InChI=1S/C15H17FN2OS/c16-12-6-5-11(3-1-7-17)14(9-12)15(19)18-13-4-2-8-20-10-13/h5-6,9,13H,2,4,7-8,10,17H2,(H,18,19). The van der Waals surface area contributed by atoms with Gasteiger partial charge in [-0.2, -0.15) is 11.8 Å². The predicted octanol–water partition coefficient (Wildman–Crippen LogP) is 1.76. The Morgan fingerprint density at radius 2 is 2.40 bits per heavy atom. The molecule has 106 valence electrons. The van der Waals surface area contributed by atoms with Gasteiger partial charge in [-0.05, 0) is 36.8 Å². The Morgan fingerprint density at radius 1 is 1.55 bits per heavy atom. The number of nitrogens with one attached hydrogen (secondary N) is 1. The number of thioether (sulfide) groups is 1. The highest BCUT2D eigenvalue weighted by molar-refractivity contribution is 7.99. The van der Waals surface area contributed by atoms with Crippen LogP contribution in [-0.4, -0.2) is 30.0 Å². The molecule has 1 aliphatic rings. The molecule has 3 N–H and O–H groups in total. The summed E-state index contributed by atoms with van der Waals surface area (Å²) in [6.45, 7) is 0.206. The largest absolute Gasteiger partial charge is 0.348 e. The van der Waals surface area contributed by atoms with E-state index in [4.69, 9.17) is 5.73 Å². The average molecular weight is 292 g/mol. The molecule has 0 spiro atoms. The van der Waals surface area contributed by atoms with Gasteiger partial charge in [0.1, 0.15) is 5.82 Å². The van der Waals surface area contributed by atoms with Gasteiger partial charge in [-0.3, -0.25) is 4.79 Å². The summed E-state index contributed by atoms with van der Waals surface area (Å²) in [6, 6.07) is 4.20. The molecule has 1 unspecified atom stereocenters. The molecule has 0 bridgehead atoms. The van der Waals surface area contributed by atoms with Crippen molar-refractivity contribution in [1.29, 1.82) is 0 Å². The van der Waals surface area contributed by atoms with E-state index < -0.39 is 5.82 Å². The third kappa shape index (κ3) is 3.99. The zero-order valence-electron chi connectivity index (χ0n) is 11.1. The summed E-state index contributed by atoms with van der Waals surface area (Å²) in [7, 11) is 0.